The van der Waals surface area contributed by atoms with Crippen molar-refractivity contribution in [3.63, 3.8) is 0 Å². The highest BCUT2D eigenvalue weighted by atomic mass is 32.2. The van der Waals surface area contributed by atoms with Gasteiger partial charge in [0.25, 0.3) is 0 Å². The molecule has 12 aromatic rings. The van der Waals surface area contributed by atoms with Crippen molar-refractivity contribution in [2.24, 2.45) is 0 Å². The standard InChI is InChI=1S/C73H49NS2/c1-5-17-55(18-6-1)72(56-19-7-2-8-20-56)66-27-15-13-25-62(66)64-40-34-53(45-68(64)72)49-31-36-59(37-32-49)74(60-38-33-51-43-50(29-30-52(51)44-60)54-35-42-70-71(46-54)76-48-75-70)61-39-41-65-63-26-14-16-28-67(63)73(69(65)47-61,57-21-9-3-10-22-57)58-23-11-4-12-24-58/h1-47H,48H2. The average Bonchev–Trinajstić information content (AvgIpc) is 4.35. The number of hydrogen-bond acceptors (Lipinski definition) is 3. The average molecular weight is 1000 g/mol. The van der Waals surface area contributed by atoms with Crippen molar-refractivity contribution in [1.82, 2.24) is 0 Å². The van der Waals surface area contributed by atoms with Crippen molar-refractivity contribution in [1.29, 1.82) is 0 Å². The van der Waals surface area contributed by atoms with Crippen LogP contribution in [0.2, 0.25) is 0 Å². The highest BCUT2D eigenvalue weighted by molar-refractivity contribution is 8.18. The summed E-state index contributed by atoms with van der Waals surface area (Å²) in [5.41, 5.74) is 22.5. The van der Waals surface area contributed by atoms with Crippen LogP contribution in [0.1, 0.15) is 44.5 Å². The Bertz CT molecular complexity index is 4110. The highest BCUT2D eigenvalue weighted by Gasteiger charge is 2.47. The second-order valence-corrected chi connectivity index (χ2v) is 22.6. The fourth-order valence-corrected chi connectivity index (χ4v) is 15.5. The molecule has 358 valence electrons. The summed E-state index contributed by atoms with van der Waals surface area (Å²) >= 11 is 3.87. The number of fused-ring (bicyclic) bond motifs is 8. The number of rotatable bonds is 9. The van der Waals surface area contributed by atoms with E-state index in [9.17, 15) is 0 Å². The molecule has 0 bridgehead atoms. The smallest absolute Gasteiger partial charge is 0.0714 e. The molecule has 1 nitrogen and oxygen atoms in total. The predicted molar refractivity (Wildman–Crippen MR) is 321 cm³/mol. The van der Waals surface area contributed by atoms with Crippen molar-refractivity contribution in [3.8, 4) is 44.5 Å². The van der Waals surface area contributed by atoms with Gasteiger partial charge in [-0.15, -0.1) is 23.5 Å². The number of benzene rings is 12. The van der Waals surface area contributed by atoms with E-state index >= 15 is 0 Å². The monoisotopic (exact) mass is 1000 g/mol. The molecule has 0 radical (unpaired) electrons. The molecule has 76 heavy (non-hydrogen) atoms. The Kier molecular flexibility index (Phi) is 10.7. The van der Waals surface area contributed by atoms with Crippen LogP contribution in [0.3, 0.4) is 0 Å². The van der Waals surface area contributed by atoms with Crippen LogP contribution in [0, 0.1) is 0 Å². The molecule has 0 unspecified atom stereocenters. The van der Waals surface area contributed by atoms with Crippen molar-refractivity contribution >= 4 is 51.4 Å². The molecule has 0 spiro atoms. The molecule has 0 amide bonds. The van der Waals surface area contributed by atoms with Crippen LogP contribution in [0.15, 0.2) is 295 Å². The van der Waals surface area contributed by atoms with Gasteiger partial charge in [0.05, 0.1) is 10.8 Å². The molecule has 1 heterocycles. The minimum absolute atomic E-state index is 0.473. The summed E-state index contributed by atoms with van der Waals surface area (Å²) < 4.78 is 0. The predicted octanol–water partition coefficient (Wildman–Crippen LogP) is 19.5. The molecule has 3 heteroatoms. The quantitative estimate of drug-likeness (QED) is 0.142. The van der Waals surface area contributed by atoms with Gasteiger partial charge in [-0.05, 0) is 160 Å². The number of thioether (sulfide) groups is 2. The van der Waals surface area contributed by atoms with Gasteiger partial charge >= 0.3 is 0 Å². The fraction of sp³-hybridized carbons (Fsp3) is 0.0411. The molecule has 0 fully saturated rings. The lowest BCUT2D eigenvalue weighted by Crippen LogP contribution is -2.28. The third-order valence-corrected chi connectivity index (χ3v) is 18.8. The SMILES string of the molecule is c1ccc(C2(c3ccccc3)c3ccccc3-c3ccc(-c4ccc(N(c5ccc6c(c5)C(c5ccccc5)(c5ccccc5)c5ccccc5-6)c5ccc6cc(-c7ccc8c(c7)SCS8)ccc6c5)cc4)cc32)cc1. The molecule has 0 saturated carbocycles. The van der Waals surface area contributed by atoms with E-state index in [1.54, 1.807) is 0 Å². The van der Waals surface area contributed by atoms with E-state index in [1.807, 2.05) is 23.5 Å². The number of anilines is 3. The van der Waals surface area contributed by atoms with E-state index in [1.165, 1.54) is 110 Å². The molecule has 0 aromatic heterocycles. The molecular weight excluding hydrogens is 955 g/mol. The minimum atomic E-state index is -0.531. The topological polar surface area (TPSA) is 3.24 Å². The third-order valence-electron chi connectivity index (χ3n) is 16.4. The zero-order valence-corrected chi connectivity index (χ0v) is 43.2. The first-order valence-electron chi connectivity index (χ1n) is 26.2. The number of hydrogen-bond donors (Lipinski definition) is 0. The highest BCUT2D eigenvalue weighted by Crippen LogP contribution is 2.59. The van der Waals surface area contributed by atoms with Crippen molar-refractivity contribution in [3.05, 3.63) is 330 Å². The summed E-state index contributed by atoms with van der Waals surface area (Å²) in [7, 11) is 0. The molecule has 0 N–H and O–H groups in total. The second-order valence-electron chi connectivity index (χ2n) is 20.2. The van der Waals surface area contributed by atoms with Gasteiger partial charge in [0, 0.05) is 31.9 Å². The van der Waals surface area contributed by atoms with E-state index in [2.05, 4.69) is 290 Å². The normalized spacial score (nSPS) is 14.1. The van der Waals surface area contributed by atoms with E-state index in [-0.39, 0.29) is 0 Å². The molecular formula is C73H49NS2. The minimum Gasteiger partial charge on any atom is -0.310 e. The first-order chi connectivity index (χ1) is 37.7. The van der Waals surface area contributed by atoms with Crippen molar-refractivity contribution in [2.75, 3.05) is 9.98 Å². The first-order valence-corrected chi connectivity index (χ1v) is 28.2. The molecule has 12 aromatic carbocycles. The van der Waals surface area contributed by atoms with E-state index in [0.29, 0.717) is 0 Å². The maximum atomic E-state index is 2.48. The van der Waals surface area contributed by atoms with Gasteiger partial charge in [0.2, 0.25) is 0 Å². The molecule has 0 saturated heterocycles. The molecule has 1 aliphatic heterocycles. The Morgan fingerprint density at radius 2 is 0.658 bits per heavy atom. The van der Waals surface area contributed by atoms with Crippen LogP contribution in [-0.2, 0) is 10.8 Å². The Labute approximate surface area is 453 Å². The van der Waals surface area contributed by atoms with Gasteiger partial charge in [0.1, 0.15) is 0 Å². The zero-order valence-electron chi connectivity index (χ0n) is 41.6. The van der Waals surface area contributed by atoms with Gasteiger partial charge in [-0.3, -0.25) is 0 Å². The molecule has 2 aliphatic carbocycles. The Morgan fingerprint density at radius 3 is 1.26 bits per heavy atom. The van der Waals surface area contributed by atoms with E-state index in [4.69, 9.17) is 0 Å². The van der Waals surface area contributed by atoms with Gasteiger partial charge < -0.3 is 4.90 Å². The maximum absolute atomic E-state index is 2.48. The summed E-state index contributed by atoms with van der Waals surface area (Å²) in [6.07, 6.45) is 0. The summed E-state index contributed by atoms with van der Waals surface area (Å²) in [4.78, 5) is 5.24. The third kappa shape index (κ3) is 6.89. The van der Waals surface area contributed by atoms with Gasteiger partial charge in [-0.2, -0.15) is 0 Å². The summed E-state index contributed by atoms with van der Waals surface area (Å²) in [5.74, 6) is 0. The lowest BCUT2D eigenvalue weighted by atomic mass is 9.67. The summed E-state index contributed by atoms with van der Waals surface area (Å²) in [6.45, 7) is 0. The summed E-state index contributed by atoms with van der Waals surface area (Å²) in [6, 6.07) is 107. The van der Waals surface area contributed by atoms with E-state index < -0.39 is 10.8 Å². The first kappa shape index (κ1) is 44.8. The lowest BCUT2D eigenvalue weighted by molar-refractivity contribution is 0.768. The zero-order chi connectivity index (χ0) is 50.2. The largest absolute Gasteiger partial charge is 0.310 e. The van der Waals surface area contributed by atoms with E-state index in [0.717, 1.165) is 22.1 Å². The Balaban J connectivity index is 0.894. The van der Waals surface area contributed by atoms with Crippen molar-refractivity contribution < 1.29 is 0 Å². The lowest BCUT2D eigenvalue weighted by Gasteiger charge is -2.35. The molecule has 15 rings (SSSR count). The Hall–Kier alpha value is -8.60. The van der Waals surface area contributed by atoms with Crippen LogP contribution in [0.4, 0.5) is 17.1 Å². The van der Waals surface area contributed by atoms with Crippen LogP contribution in [-0.4, -0.2) is 5.08 Å². The Morgan fingerprint density at radius 1 is 0.263 bits per heavy atom. The van der Waals surface area contributed by atoms with Gasteiger partial charge in [-0.25, -0.2) is 0 Å². The molecule has 0 atom stereocenters. The summed E-state index contributed by atoms with van der Waals surface area (Å²) in [5, 5.41) is 3.50. The molecule has 3 aliphatic rings. The van der Waals surface area contributed by atoms with Crippen LogP contribution >= 0.6 is 23.5 Å². The van der Waals surface area contributed by atoms with Crippen LogP contribution in [0.5, 0.6) is 0 Å². The van der Waals surface area contributed by atoms with Crippen LogP contribution in [0.25, 0.3) is 55.3 Å². The number of nitrogens with zero attached hydrogens (tertiary/aromatic N) is 1. The van der Waals surface area contributed by atoms with Gasteiger partial charge in [-0.1, -0.05) is 224 Å². The maximum Gasteiger partial charge on any atom is 0.0714 e. The van der Waals surface area contributed by atoms with Gasteiger partial charge in [0.15, 0.2) is 0 Å². The van der Waals surface area contributed by atoms with Crippen molar-refractivity contribution in [2.45, 2.75) is 20.6 Å². The van der Waals surface area contributed by atoms with Crippen LogP contribution < -0.4 is 4.90 Å². The fourth-order valence-electron chi connectivity index (χ4n) is 13.1. The second kappa shape index (κ2) is 18.1.